The number of aryl methyl sites for hydroxylation is 1. The number of piperazine rings is 1. The molecule has 3 heterocycles. The van der Waals surface area contributed by atoms with E-state index in [2.05, 4.69) is 45.1 Å². The number of nitrogens with zero attached hydrogens (tertiary/aromatic N) is 4. The molecule has 27 heavy (non-hydrogen) atoms. The maximum Gasteiger partial charge on any atom is 0.108 e. The van der Waals surface area contributed by atoms with Gasteiger partial charge in [-0.2, -0.15) is 0 Å². The van der Waals surface area contributed by atoms with Crippen LogP contribution in [0.3, 0.4) is 0 Å². The highest BCUT2D eigenvalue weighted by Crippen LogP contribution is 2.24. The SMILES string of the molecule is Cc1cccc(CN2CCN(Cc3nc4ccccc4s3)C[C@@H]2CCO)n1. The fraction of sp³-hybridized carbons (Fsp3) is 0.429. The Bertz CT molecular complexity index is 864. The van der Waals surface area contributed by atoms with Gasteiger partial charge in [0.05, 0.1) is 22.5 Å². The molecule has 4 rings (SSSR count). The fourth-order valence-corrected chi connectivity index (χ4v) is 4.82. The number of benzene rings is 1. The molecule has 0 amide bonds. The van der Waals surface area contributed by atoms with Crippen molar-refractivity contribution < 1.29 is 5.11 Å². The van der Waals surface area contributed by atoms with E-state index in [0.717, 1.165) is 56.0 Å². The maximum atomic E-state index is 9.55. The van der Waals surface area contributed by atoms with Crippen LogP contribution in [0.5, 0.6) is 0 Å². The second kappa shape index (κ2) is 8.44. The van der Waals surface area contributed by atoms with Crippen molar-refractivity contribution in [3.05, 3.63) is 58.9 Å². The Labute approximate surface area is 164 Å². The molecule has 0 unspecified atom stereocenters. The lowest BCUT2D eigenvalue weighted by atomic mass is 10.1. The quantitative estimate of drug-likeness (QED) is 0.710. The van der Waals surface area contributed by atoms with Crippen LogP contribution in [0.2, 0.25) is 0 Å². The largest absolute Gasteiger partial charge is 0.396 e. The lowest BCUT2D eigenvalue weighted by Gasteiger charge is -2.41. The molecule has 0 bridgehead atoms. The Morgan fingerprint density at radius 1 is 1.07 bits per heavy atom. The summed E-state index contributed by atoms with van der Waals surface area (Å²) in [5, 5.41) is 10.7. The van der Waals surface area contributed by atoms with Crippen molar-refractivity contribution in [1.82, 2.24) is 19.8 Å². The lowest BCUT2D eigenvalue weighted by Crippen LogP contribution is -2.52. The first kappa shape index (κ1) is 18.5. The molecule has 5 nitrogen and oxygen atoms in total. The van der Waals surface area contributed by atoms with Gasteiger partial charge < -0.3 is 5.11 Å². The van der Waals surface area contributed by atoms with Crippen molar-refractivity contribution in [2.24, 2.45) is 0 Å². The van der Waals surface area contributed by atoms with Crippen LogP contribution >= 0.6 is 11.3 Å². The Morgan fingerprint density at radius 3 is 2.78 bits per heavy atom. The summed E-state index contributed by atoms with van der Waals surface area (Å²) < 4.78 is 1.25. The molecule has 1 atom stereocenters. The first-order valence-corrected chi connectivity index (χ1v) is 10.4. The molecule has 1 aromatic carbocycles. The third-order valence-corrected chi connectivity index (χ3v) is 6.18. The summed E-state index contributed by atoms with van der Waals surface area (Å²) in [7, 11) is 0. The van der Waals surface area contributed by atoms with Gasteiger partial charge in [-0.25, -0.2) is 4.98 Å². The molecule has 1 fully saturated rings. The van der Waals surface area contributed by atoms with Crippen LogP contribution in [0.4, 0.5) is 0 Å². The topological polar surface area (TPSA) is 52.5 Å². The van der Waals surface area contributed by atoms with Gasteiger partial charge in [0.2, 0.25) is 0 Å². The highest BCUT2D eigenvalue weighted by Gasteiger charge is 2.27. The van der Waals surface area contributed by atoms with Crippen LogP contribution in [0.1, 0.15) is 22.8 Å². The van der Waals surface area contributed by atoms with E-state index in [9.17, 15) is 5.11 Å². The van der Waals surface area contributed by atoms with Crippen molar-refractivity contribution in [3.63, 3.8) is 0 Å². The van der Waals surface area contributed by atoms with Crippen molar-refractivity contribution >= 4 is 21.6 Å². The van der Waals surface area contributed by atoms with Gasteiger partial charge in [-0.3, -0.25) is 14.8 Å². The average molecular weight is 383 g/mol. The summed E-state index contributed by atoms with van der Waals surface area (Å²) in [6.07, 6.45) is 0.794. The number of aromatic nitrogens is 2. The summed E-state index contributed by atoms with van der Waals surface area (Å²) in [5.41, 5.74) is 3.26. The number of thiazole rings is 1. The van der Waals surface area contributed by atoms with E-state index in [1.165, 1.54) is 9.71 Å². The van der Waals surface area contributed by atoms with Crippen molar-refractivity contribution in [1.29, 1.82) is 0 Å². The zero-order valence-electron chi connectivity index (χ0n) is 15.7. The van der Waals surface area contributed by atoms with E-state index in [1.807, 2.05) is 19.1 Å². The number of fused-ring (bicyclic) bond motifs is 1. The third kappa shape index (κ3) is 4.52. The summed E-state index contributed by atoms with van der Waals surface area (Å²) >= 11 is 1.78. The number of pyridine rings is 1. The molecule has 2 aromatic heterocycles. The van der Waals surface area contributed by atoms with Gasteiger partial charge in [0, 0.05) is 44.5 Å². The molecular weight excluding hydrogens is 356 g/mol. The lowest BCUT2D eigenvalue weighted by molar-refractivity contribution is 0.0491. The number of rotatable bonds is 6. The second-order valence-corrected chi connectivity index (χ2v) is 8.33. The molecule has 0 saturated carbocycles. The van der Waals surface area contributed by atoms with E-state index in [-0.39, 0.29) is 6.61 Å². The summed E-state index contributed by atoms with van der Waals surface area (Å²) in [6, 6.07) is 14.9. The molecule has 0 spiro atoms. The number of aliphatic hydroxyl groups is 1. The third-order valence-electron chi connectivity index (χ3n) is 5.16. The first-order chi connectivity index (χ1) is 13.2. The highest BCUT2D eigenvalue weighted by molar-refractivity contribution is 7.18. The Balaban J connectivity index is 1.42. The predicted molar refractivity (Wildman–Crippen MR) is 110 cm³/mol. The molecular formula is C21H26N4OS. The van der Waals surface area contributed by atoms with Crippen LogP contribution in [-0.4, -0.2) is 57.2 Å². The summed E-state index contributed by atoms with van der Waals surface area (Å²) in [6.45, 7) is 6.96. The number of hydrogen-bond acceptors (Lipinski definition) is 6. The normalized spacial score (nSPS) is 19.0. The number of aliphatic hydroxyl groups excluding tert-OH is 1. The molecule has 1 saturated heterocycles. The average Bonchev–Trinajstić information content (AvgIpc) is 3.06. The van der Waals surface area contributed by atoms with Gasteiger partial charge >= 0.3 is 0 Å². The van der Waals surface area contributed by atoms with Gasteiger partial charge in [0.15, 0.2) is 0 Å². The minimum atomic E-state index is 0.220. The van der Waals surface area contributed by atoms with Crippen molar-refractivity contribution in [2.75, 3.05) is 26.2 Å². The van der Waals surface area contributed by atoms with Gasteiger partial charge in [-0.1, -0.05) is 18.2 Å². The molecule has 142 valence electrons. The molecule has 3 aromatic rings. The van der Waals surface area contributed by atoms with Crippen LogP contribution in [0.25, 0.3) is 10.2 Å². The standard InChI is InChI=1S/C21H26N4OS/c1-16-5-4-6-17(22-16)13-25-11-10-24(14-18(25)9-12-26)15-21-23-19-7-2-3-8-20(19)27-21/h2-8,18,26H,9-15H2,1H3/t18-/m0/s1. The minimum Gasteiger partial charge on any atom is -0.396 e. The molecule has 1 N–H and O–H groups in total. The Hall–Kier alpha value is -1.86. The summed E-state index contributed by atoms with van der Waals surface area (Å²) in [4.78, 5) is 14.4. The van der Waals surface area contributed by atoms with Crippen LogP contribution in [-0.2, 0) is 13.1 Å². The minimum absolute atomic E-state index is 0.220. The van der Waals surface area contributed by atoms with E-state index >= 15 is 0 Å². The molecule has 6 heteroatoms. The van der Waals surface area contributed by atoms with Crippen LogP contribution in [0, 0.1) is 6.92 Å². The Kier molecular flexibility index (Phi) is 5.78. The molecule has 0 aliphatic carbocycles. The van der Waals surface area contributed by atoms with Gasteiger partial charge in [0.1, 0.15) is 5.01 Å². The van der Waals surface area contributed by atoms with E-state index in [1.54, 1.807) is 11.3 Å². The van der Waals surface area contributed by atoms with Crippen LogP contribution in [0.15, 0.2) is 42.5 Å². The van der Waals surface area contributed by atoms with Gasteiger partial charge in [-0.05, 0) is 37.6 Å². The molecule has 1 aliphatic heterocycles. The van der Waals surface area contributed by atoms with Gasteiger partial charge in [-0.15, -0.1) is 11.3 Å². The van der Waals surface area contributed by atoms with E-state index < -0.39 is 0 Å². The molecule has 0 radical (unpaired) electrons. The maximum absolute atomic E-state index is 9.55. The van der Waals surface area contributed by atoms with Crippen molar-refractivity contribution in [2.45, 2.75) is 32.5 Å². The van der Waals surface area contributed by atoms with Gasteiger partial charge in [0.25, 0.3) is 0 Å². The predicted octanol–water partition coefficient (Wildman–Crippen LogP) is 3.07. The van der Waals surface area contributed by atoms with Crippen molar-refractivity contribution in [3.8, 4) is 0 Å². The molecule has 1 aliphatic rings. The second-order valence-electron chi connectivity index (χ2n) is 7.22. The number of para-hydroxylation sites is 1. The highest BCUT2D eigenvalue weighted by atomic mass is 32.1. The smallest absolute Gasteiger partial charge is 0.108 e. The number of hydrogen-bond donors (Lipinski definition) is 1. The zero-order chi connectivity index (χ0) is 18.6. The monoisotopic (exact) mass is 382 g/mol. The van der Waals surface area contributed by atoms with E-state index in [0.29, 0.717) is 6.04 Å². The zero-order valence-corrected chi connectivity index (χ0v) is 16.5. The fourth-order valence-electron chi connectivity index (χ4n) is 3.81. The van der Waals surface area contributed by atoms with Crippen LogP contribution < -0.4 is 0 Å². The first-order valence-electron chi connectivity index (χ1n) is 9.55. The summed E-state index contributed by atoms with van der Waals surface area (Å²) in [5.74, 6) is 0. The Morgan fingerprint density at radius 2 is 1.96 bits per heavy atom. The van der Waals surface area contributed by atoms with E-state index in [4.69, 9.17) is 4.98 Å².